The fourth-order valence-electron chi connectivity index (χ4n) is 2.11. The van der Waals surface area contributed by atoms with Gasteiger partial charge in [0.15, 0.2) is 0 Å². The molecule has 0 unspecified atom stereocenters. The van der Waals surface area contributed by atoms with Crippen LogP contribution < -0.4 is 16.0 Å². The Morgan fingerprint density at radius 2 is 2.14 bits per heavy atom. The second-order valence-electron chi connectivity index (χ2n) is 5.61. The zero-order chi connectivity index (χ0) is 15.2. The first-order valence-electron chi connectivity index (χ1n) is 7.39. The molecule has 1 aliphatic heterocycles. The molecule has 0 aliphatic carbocycles. The van der Waals surface area contributed by atoms with Crippen molar-refractivity contribution in [2.45, 2.75) is 26.4 Å². The maximum Gasteiger partial charge on any atom is 0.237 e. The Morgan fingerprint density at radius 3 is 2.71 bits per heavy atom. The van der Waals surface area contributed by atoms with Crippen LogP contribution >= 0.6 is 0 Å². The van der Waals surface area contributed by atoms with Crippen LogP contribution in [0.2, 0.25) is 0 Å². The van der Waals surface area contributed by atoms with Crippen molar-refractivity contribution in [3.05, 3.63) is 23.9 Å². The van der Waals surface area contributed by atoms with Gasteiger partial charge in [-0.15, -0.1) is 0 Å². The van der Waals surface area contributed by atoms with Gasteiger partial charge in [-0.3, -0.25) is 4.79 Å². The molecule has 1 amide bonds. The van der Waals surface area contributed by atoms with E-state index < -0.39 is 6.04 Å². The molecule has 2 rings (SSSR count). The Morgan fingerprint density at radius 1 is 1.43 bits per heavy atom. The molecule has 0 aromatic carbocycles. The summed E-state index contributed by atoms with van der Waals surface area (Å²) >= 11 is 0. The molecule has 1 fully saturated rings. The van der Waals surface area contributed by atoms with E-state index in [0.717, 1.165) is 37.7 Å². The fraction of sp³-hybridized carbons (Fsp3) is 0.600. The van der Waals surface area contributed by atoms with Crippen LogP contribution in [-0.2, 0) is 16.1 Å². The molecule has 21 heavy (non-hydrogen) atoms. The summed E-state index contributed by atoms with van der Waals surface area (Å²) in [5.74, 6) is 0.960. The minimum atomic E-state index is -0.467. The number of aromatic nitrogens is 1. The van der Waals surface area contributed by atoms with Crippen molar-refractivity contribution in [3.8, 4) is 0 Å². The molecular weight excluding hydrogens is 268 g/mol. The summed E-state index contributed by atoms with van der Waals surface area (Å²) in [7, 11) is 0. The number of nitrogens with one attached hydrogen (secondary N) is 1. The Hall–Kier alpha value is -1.66. The summed E-state index contributed by atoms with van der Waals surface area (Å²) in [4.78, 5) is 18.4. The average molecular weight is 292 g/mol. The summed E-state index contributed by atoms with van der Waals surface area (Å²) < 4.78 is 5.32. The lowest BCUT2D eigenvalue weighted by Crippen LogP contribution is -2.43. The van der Waals surface area contributed by atoms with Crippen molar-refractivity contribution < 1.29 is 9.53 Å². The number of morpholine rings is 1. The third kappa shape index (κ3) is 4.41. The first-order valence-corrected chi connectivity index (χ1v) is 7.39. The van der Waals surface area contributed by atoms with E-state index in [-0.39, 0.29) is 11.8 Å². The minimum absolute atomic E-state index is 0.123. The van der Waals surface area contributed by atoms with Crippen LogP contribution in [-0.4, -0.2) is 43.2 Å². The monoisotopic (exact) mass is 292 g/mol. The highest BCUT2D eigenvalue weighted by Gasteiger charge is 2.16. The number of nitrogens with two attached hydrogens (primary N) is 1. The molecule has 1 saturated heterocycles. The zero-order valence-corrected chi connectivity index (χ0v) is 12.7. The summed E-state index contributed by atoms with van der Waals surface area (Å²) in [6, 6.07) is 3.50. The largest absolute Gasteiger partial charge is 0.378 e. The second-order valence-corrected chi connectivity index (χ2v) is 5.61. The highest BCUT2D eigenvalue weighted by Crippen LogP contribution is 2.13. The maximum atomic E-state index is 11.8. The van der Waals surface area contributed by atoms with Crippen LogP contribution in [0.15, 0.2) is 18.3 Å². The number of carbonyl (C=O) groups excluding carboxylic acids is 1. The number of carbonyl (C=O) groups is 1. The number of pyridine rings is 1. The van der Waals surface area contributed by atoms with Gasteiger partial charge in [0.2, 0.25) is 5.91 Å². The molecule has 116 valence electrons. The van der Waals surface area contributed by atoms with Crippen LogP contribution in [0.5, 0.6) is 0 Å². The average Bonchev–Trinajstić information content (AvgIpc) is 2.53. The van der Waals surface area contributed by atoms with Crippen molar-refractivity contribution in [1.82, 2.24) is 10.3 Å². The molecular formula is C15H24N4O2. The molecule has 0 spiro atoms. The Bertz CT molecular complexity index is 455. The number of ether oxygens (including phenoxy) is 1. The van der Waals surface area contributed by atoms with Gasteiger partial charge in [-0.1, -0.05) is 19.9 Å². The quantitative estimate of drug-likeness (QED) is 0.827. The van der Waals surface area contributed by atoms with Gasteiger partial charge >= 0.3 is 0 Å². The summed E-state index contributed by atoms with van der Waals surface area (Å²) in [5.41, 5.74) is 6.77. The number of amides is 1. The van der Waals surface area contributed by atoms with Crippen LogP contribution in [0.25, 0.3) is 0 Å². The molecule has 1 atom stereocenters. The van der Waals surface area contributed by atoms with E-state index in [1.54, 1.807) is 6.20 Å². The molecule has 0 bridgehead atoms. The third-order valence-electron chi connectivity index (χ3n) is 3.63. The number of anilines is 1. The Labute approximate surface area is 125 Å². The fourth-order valence-corrected chi connectivity index (χ4v) is 2.11. The number of hydrogen-bond acceptors (Lipinski definition) is 5. The normalized spacial score (nSPS) is 16.9. The van der Waals surface area contributed by atoms with Crippen LogP contribution in [0.1, 0.15) is 19.4 Å². The highest BCUT2D eigenvalue weighted by atomic mass is 16.5. The van der Waals surface area contributed by atoms with Crippen LogP contribution in [0.3, 0.4) is 0 Å². The number of hydrogen-bond donors (Lipinski definition) is 2. The van der Waals surface area contributed by atoms with Gasteiger partial charge in [-0.25, -0.2) is 4.98 Å². The highest BCUT2D eigenvalue weighted by molar-refractivity contribution is 5.81. The number of rotatable bonds is 5. The maximum absolute atomic E-state index is 11.8. The van der Waals surface area contributed by atoms with E-state index in [1.807, 2.05) is 26.0 Å². The van der Waals surface area contributed by atoms with E-state index in [1.165, 1.54) is 0 Å². The second kappa shape index (κ2) is 7.38. The van der Waals surface area contributed by atoms with Gasteiger partial charge in [-0.05, 0) is 17.5 Å². The SMILES string of the molecule is CC(C)[C@@H](N)C(=O)NCc1ccc(N2CCOCC2)nc1. The van der Waals surface area contributed by atoms with Crippen molar-refractivity contribution >= 4 is 11.7 Å². The van der Waals surface area contributed by atoms with Gasteiger partial charge < -0.3 is 20.7 Å². The lowest BCUT2D eigenvalue weighted by Gasteiger charge is -2.27. The molecule has 1 aromatic heterocycles. The standard InChI is InChI=1S/C15H24N4O2/c1-11(2)14(16)15(20)18-10-12-3-4-13(17-9-12)19-5-7-21-8-6-19/h3-4,9,11,14H,5-8,10,16H2,1-2H3,(H,18,20)/t14-/m1/s1. The third-order valence-corrected chi connectivity index (χ3v) is 3.63. The van der Waals surface area contributed by atoms with Gasteiger partial charge in [0.1, 0.15) is 5.82 Å². The van der Waals surface area contributed by atoms with Gasteiger partial charge in [0.05, 0.1) is 19.3 Å². The van der Waals surface area contributed by atoms with Crippen molar-refractivity contribution in [1.29, 1.82) is 0 Å². The van der Waals surface area contributed by atoms with E-state index in [2.05, 4.69) is 15.2 Å². The minimum Gasteiger partial charge on any atom is -0.378 e. The summed E-state index contributed by atoms with van der Waals surface area (Å²) in [5, 5.41) is 2.84. The van der Waals surface area contributed by atoms with E-state index >= 15 is 0 Å². The van der Waals surface area contributed by atoms with Gasteiger partial charge in [-0.2, -0.15) is 0 Å². The predicted molar refractivity (Wildman–Crippen MR) is 81.9 cm³/mol. The molecule has 6 nitrogen and oxygen atoms in total. The molecule has 6 heteroatoms. The lowest BCUT2D eigenvalue weighted by atomic mass is 10.1. The molecule has 1 aliphatic rings. The Kier molecular flexibility index (Phi) is 5.52. The molecule has 1 aromatic rings. The van der Waals surface area contributed by atoms with Gasteiger partial charge in [0, 0.05) is 25.8 Å². The topological polar surface area (TPSA) is 80.5 Å². The first-order chi connectivity index (χ1) is 10.1. The lowest BCUT2D eigenvalue weighted by molar-refractivity contribution is -0.123. The number of nitrogens with zero attached hydrogens (tertiary/aromatic N) is 2. The van der Waals surface area contributed by atoms with Gasteiger partial charge in [0.25, 0.3) is 0 Å². The predicted octanol–water partition coefficient (Wildman–Crippen LogP) is 0.518. The molecule has 0 saturated carbocycles. The van der Waals surface area contributed by atoms with Crippen molar-refractivity contribution in [3.63, 3.8) is 0 Å². The first kappa shape index (κ1) is 15.7. The molecule has 2 heterocycles. The van der Waals surface area contributed by atoms with E-state index in [4.69, 9.17) is 10.5 Å². The van der Waals surface area contributed by atoms with E-state index in [9.17, 15) is 4.79 Å². The molecule has 0 radical (unpaired) electrons. The van der Waals surface area contributed by atoms with Crippen LogP contribution in [0, 0.1) is 5.92 Å². The molecule has 3 N–H and O–H groups in total. The van der Waals surface area contributed by atoms with Crippen molar-refractivity contribution in [2.75, 3.05) is 31.2 Å². The van der Waals surface area contributed by atoms with Crippen LogP contribution in [0.4, 0.5) is 5.82 Å². The summed E-state index contributed by atoms with van der Waals surface area (Å²) in [6.07, 6.45) is 1.80. The summed E-state index contributed by atoms with van der Waals surface area (Å²) in [6.45, 7) is 7.54. The zero-order valence-electron chi connectivity index (χ0n) is 12.7. The van der Waals surface area contributed by atoms with E-state index in [0.29, 0.717) is 6.54 Å². The van der Waals surface area contributed by atoms with Crippen molar-refractivity contribution in [2.24, 2.45) is 11.7 Å². The smallest absolute Gasteiger partial charge is 0.237 e. The Balaban J connectivity index is 1.86.